The highest BCUT2D eigenvalue weighted by Crippen LogP contribution is 2.10. The lowest BCUT2D eigenvalue weighted by Gasteiger charge is -2.10. The average Bonchev–Trinajstić information content (AvgIpc) is 2.23. The van der Waals surface area contributed by atoms with E-state index in [4.69, 9.17) is 11.6 Å². The molecule has 2 rings (SSSR count). The van der Waals surface area contributed by atoms with Crippen molar-refractivity contribution in [3.63, 3.8) is 0 Å². The van der Waals surface area contributed by atoms with E-state index in [1.54, 1.807) is 4.40 Å². The van der Waals surface area contributed by atoms with Gasteiger partial charge in [0.15, 0.2) is 0 Å². The maximum atomic E-state index is 12.4. The van der Waals surface area contributed by atoms with Crippen molar-refractivity contribution in [1.82, 2.24) is 9.38 Å². The molecule has 2 heterocycles. The molecule has 90 valence electrons. The molecule has 0 aromatic carbocycles. The van der Waals surface area contributed by atoms with Crippen LogP contribution in [0.1, 0.15) is 23.9 Å². The van der Waals surface area contributed by atoms with Gasteiger partial charge in [-0.3, -0.25) is 9.20 Å². The Bertz CT molecular complexity index is 617. The fourth-order valence-corrected chi connectivity index (χ4v) is 2.15. The zero-order valence-electron chi connectivity index (χ0n) is 10.2. The lowest BCUT2D eigenvalue weighted by Crippen LogP contribution is -2.24. The van der Waals surface area contributed by atoms with Gasteiger partial charge in [0.1, 0.15) is 5.65 Å². The van der Waals surface area contributed by atoms with Gasteiger partial charge in [-0.1, -0.05) is 6.07 Å². The fraction of sp³-hybridized carbons (Fsp3) is 0.385. The summed E-state index contributed by atoms with van der Waals surface area (Å²) >= 11 is 5.97. The van der Waals surface area contributed by atoms with Crippen molar-refractivity contribution in [2.24, 2.45) is 0 Å². The van der Waals surface area contributed by atoms with E-state index in [0.717, 1.165) is 11.4 Å². The molecule has 0 spiro atoms. The standard InChI is InChI=1S/C13H15ClN2O/c1-8(14)7-11-10(3)15-12-6-4-5-9(2)16(12)13(11)17/h4-6,8H,7H2,1-3H3. The second-order valence-corrected chi connectivity index (χ2v) is 5.07. The van der Waals surface area contributed by atoms with Crippen LogP contribution in [0.4, 0.5) is 0 Å². The molecule has 4 heteroatoms. The number of pyridine rings is 1. The van der Waals surface area contributed by atoms with Crippen LogP contribution in [0, 0.1) is 13.8 Å². The number of rotatable bonds is 2. The summed E-state index contributed by atoms with van der Waals surface area (Å²) in [6.07, 6.45) is 0.552. The maximum absolute atomic E-state index is 12.4. The van der Waals surface area contributed by atoms with Crippen LogP contribution in [0.5, 0.6) is 0 Å². The number of halogens is 1. The normalized spacial score (nSPS) is 12.9. The first-order valence-corrected chi connectivity index (χ1v) is 6.06. The topological polar surface area (TPSA) is 34.4 Å². The second-order valence-electron chi connectivity index (χ2n) is 4.33. The monoisotopic (exact) mass is 250 g/mol. The number of nitrogens with zero attached hydrogens (tertiary/aromatic N) is 2. The Morgan fingerprint density at radius 3 is 2.76 bits per heavy atom. The molecule has 1 atom stereocenters. The minimum Gasteiger partial charge on any atom is -0.269 e. The molecule has 0 fully saturated rings. The van der Waals surface area contributed by atoms with E-state index >= 15 is 0 Å². The molecule has 1 unspecified atom stereocenters. The Kier molecular flexibility index (Phi) is 3.20. The summed E-state index contributed by atoms with van der Waals surface area (Å²) in [4.78, 5) is 16.8. The minimum absolute atomic E-state index is 0.00176. The average molecular weight is 251 g/mol. The van der Waals surface area contributed by atoms with Gasteiger partial charge in [0, 0.05) is 22.3 Å². The van der Waals surface area contributed by atoms with Crippen LogP contribution in [0.15, 0.2) is 23.0 Å². The van der Waals surface area contributed by atoms with Crippen molar-refractivity contribution < 1.29 is 0 Å². The van der Waals surface area contributed by atoms with E-state index in [0.29, 0.717) is 17.6 Å². The Morgan fingerprint density at radius 1 is 1.41 bits per heavy atom. The molecule has 0 amide bonds. The molecular formula is C13H15ClN2O. The molecule has 0 aliphatic carbocycles. The van der Waals surface area contributed by atoms with Crippen LogP contribution in [-0.2, 0) is 6.42 Å². The Labute approximate surface area is 105 Å². The molecule has 0 N–H and O–H groups in total. The first kappa shape index (κ1) is 12.1. The lowest BCUT2D eigenvalue weighted by molar-refractivity contribution is 0.853. The number of hydrogen-bond acceptors (Lipinski definition) is 2. The number of alkyl halides is 1. The molecule has 0 aliphatic rings. The molecule has 2 aromatic rings. The van der Waals surface area contributed by atoms with Gasteiger partial charge in [0.25, 0.3) is 5.56 Å². The summed E-state index contributed by atoms with van der Waals surface area (Å²) in [5.41, 5.74) is 3.06. The largest absolute Gasteiger partial charge is 0.269 e. The number of aromatic nitrogens is 2. The molecule has 3 nitrogen and oxygen atoms in total. The third kappa shape index (κ3) is 2.20. The van der Waals surface area contributed by atoms with Gasteiger partial charge in [-0.2, -0.15) is 0 Å². The van der Waals surface area contributed by atoms with Crippen LogP contribution in [0.2, 0.25) is 0 Å². The van der Waals surface area contributed by atoms with Crippen molar-refractivity contribution in [3.8, 4) is 0 Å². The highest BCUT2D eigenvalue weighted by molar-refractivity contribution is 6.20. The smallest absolute Gasteiger partial charge is 0.261 e. The summed E-state index contributed by atoms with van der Waals surface area (Å²) in [5.74, 6) is 0. The van der Waals surface area contributed by atoms with Crippen molar-refractivity contribution in [2.75, 3.05) is 0 Å². The van der Waals surface area contributed by atoms with Crippen molar-refractivity contribution in [3.05, 3.63) is 45.5 Å². The molecule has 2 aromatic heterocycles. The first-order valence-electron chi connectivity index (χ1n) is 5.62. The van der Waals surface area contributed by atoms with E-state index < -0.39 is 0 Å². The molecule has 0 bridgehead atoms. The molecule has 0 radical (unpaired) electrons. The van der Waals surface area contributed by atoms with Crippen molar-refractivity contribution in [1.29, 1.82) is 0 Å². The Balaban J connectivity index is 2.79. The van der Waals surface area contributed by atoms with Gasteiger partial charge in [-0.05, 0) is 39.3 Å². The lowest BCUT2D eigenvalue weighted by atomic mass is 10.1. The van der Waals surface area contributed by atoms with Crippen LogP contribution in [0.25, 0.3) is 5.65 Å². The summed E-state index contributed by atoms with van der Waals surface area (Å²) < 4.78 is 1.64. The first-order chi connectivity index (χ1) is 8.00. The maximum Gasteiger partial charge on any atom is 0.261 e. The van der Waals surface area contributed by atoms with E-state index in [2.05, 4.69) is 4.98 Å². The predicted molar refractivity (Wildman–Crippen MR) is 70.0 cm³/mol. The number of hydrogen-bond donors (Lipinski definition) is 0. The zero-order chi connectivity index (χ0) is 12.6. The van der Waals surface area contributed by atoms with Gasteiger partial charge >= 0.3 is 0 Å². The highest BCUT2D eigenvalue weighted by atomic mass is 35.5. The molecule has 0 saturated carbocycles. The summed E-state index contributed by atoms with van der Waals surface area (Å²) in [6.45, 7) is 5.64. The predicted octanol–water partition coefficient (Wildman–Crippen LogP) is 2.48. The van der Waals surface area contributed by atoms with Gasteiger partial charge in [0.2, 0.25) is 0 Å². The second kappa shape index (κ2) is 4.49. The quantitative estimate of drug-likeness (QED) is 0.768. The van der Waals surface area contributed by atoms with Gasteiger partial charge in [-0.15, -0.1) is 11.6 Å². The fourth-order valence-electron chi connectivity index (χ4n) is 2.00. The van der Waals surface area contributed by atoms with E-state index in [-0.39, 0.29) is 10.9 Å². The Hall–Kier alpha value is -1.35. The van der Waals surface area contributed by atoms with Crippen LogP contribution >= 0.6 is 11.6 Å². The van der Waals surface area contributed by atoms with E-state index in [9.17, 15) is 4.79 Å². The van der Waals surface area contributed by atoms with E-state index in [1.807, 2.05) is 39.0 Å². The van der Waals surface area contributed by atoms with Gasteiger partial charge in [-0.25, -0.2) is 4.98 Å². The molecule has 17 heavy (non-hydrogen) atoms. The third-order valence-corrected chi connectivity index (χ3v) is 2.98. The molecule has 0 aliphatic heterocycles. The Morgan fingerprint density at radius 2 is 2.12 bits per heavy atom. The molecule has 0 saturated heterocycles. The summed E-state index contributed by atoms with van der Waals surface area (Å²) in [6, 6.07) is 5.65. The third-order valence-electron chi connectivity index (χ3n) is 2.83. The number of aryl methyl sites for hydroxylation is 2. The van der Waals surface area contributed by atoms with Gasteiger partial charge in [0.05, 0.1) is 0 Å². The highest BCUT2D eigenvalue weighted by Gasteiger charge is 2.12. The molecular weight excluding hydrogens is 236 g/mol. The van der Waals surface area contributed by atoms with Crippen LogP contribution < -0.4 is 5.56 Å². The van der Waals surface area contributed by atoms with E-state index in [1.165, 1.54) is 0 Å². The van der Waals surface area contributed by atoms with Crippen LogP contribution in [-0.4, -0.2) is 14.8 Å². The zero-order valence-corrected chi connectivity index (χ0v) is 11.0. The summed E-state index contributed by atoms with van der Waals surface area (Å²) in [5, 5.41) is -0.0646. The minimum atomic E-state index is -0.0646. The van der Waals surface area contributed by atoms with Crippen molar-refractivity contribution >= 4 is 17.2 Å². The van der Waals surface area contributed by atoms with Crippen molar-refractivity contribution in [2.45, 2.75) is 32.6 Å². The van der Waals surface area contributed by atoms with Gasteiger partial charge < -0.3 is 0 Å². The van der Waals surface area contributed by atoms with Crippen LogP contribution in [0.3, 0.4) is 0 Å². The summed E-state index contributed by atoms with van der Waals surface area (Å²) in [7, 11) is 0. The SMILES string of the molecule is Cc1nc2cccc(C)n2c(=O)c1CC(C)Cl. The number of fused-ring (bicyclic) bond motifs is 1.